The highest BCUT2D eigenvalue weighted by atomic mass is 16.5. The van der Waals surface area contributed by atoms with Crippen molar-refractivity contribution in [1.29, 1.82) is 0 Å². The maximum Gasteiger partial charge on any atom is 0.120 e. The fourth-order valence-electron chi connectivity index (χ4n) is 2.60. The van der Waals surface area contributed by atoms with E-state index in [1.54, 1.807) is 0 Å². The molecule has 0 unspecified atom stereocenters. The molecule has 0 saturated heterocycles. The minimum atomic E-state index is 0.568. The summed E-state index contributed by atoms with van der Waals surface area (Å²) < 4.78 is 5.86. The van der Waals surface area contributed by atoms with E-state index in [1.165, 1.54) is 11.1 Å². The van der Waals surface area contributed by atoms with E-state index in [9.17, 15) is 0 Å². The van der Waals surface area contributed by atoms with Crippen molar-refractivity contribution in [1.82, 2.24) is 0 Å². The molecular formula is C22H21NO. The van der Waals surface area contributed by atoms with Gasteiger partial charge in [0.2, 0.25) is 0 Å². The first-order valence-corrected chi connectivity index (χ1v) is 8.08. The van der Waals surface area contributed by atoms with E-state index in [-0.39, 0.29) is 0 Å². The van der Waals surface area contributed by atoms with Gasteiger partial charge in [-0.1, -0.05) is 48.5 Å². The lowest BCUT2D eigenvalue weighted by molar-refractivity contribution is 0.306. The second kappa shape index (κ2) is 7.60. The largest absolute Gasteiger partial charge is 0.489 e. The van der Waals surface area contributed by atoms with Gasteiger partial charge in [-0.05, 0) is 60.4 Å². The Morgan fingerprint density at radius 3 is 2.33 bits per heavy atom. The Morgan fingerprint density at radius 1 is 0.833 bits per heavy atom. The Bertz CT molecular complexity index is 817. The predicted molar refractivity (Wildman–Crippen MR) is 100 cm³/mol. The summed E-state index contributed by atoms with van der Waals surface area (Å²) in [6.07, 6.45) is 1.88. The average molecular weight is 315 g/mol. The Hall–Kier alpha value is -2.87. The highest BCUT2D eigenvalue weighted by molar-refractivity contribution is 5.82. The van der Waals surface area contributed by atoms with Gasteiger partial charge >= 0.3 is 0 Å². The zero-order valence-corrected chi connectivity index (χ0v) is 14.1. The molecule has 0 bridgehead atoms. The third-order valence-electron chi connectivity index (χ3n) is 3.68. The minimum absolute atomic E-state index is 0.568. The summed E-state index contributed by atoms with van der Waals surface area (Å²) in [7, 11) is 0. The molecule has 3 aromatic carbocycles. The Morgan fingerprint density at radius 2 is 1.58 bits per heavy atom. The highest BCUT2D eigenvalue weighted by Crippen LogP contribution is 2.18. The molecule has 0 spiro atoms. The monoisotopic (exact) mass is 315 g/mol. The van der Waals surface area contributed by atoms with Crippen molar-refractivity contribution in [3.8, 4) is 5.75 Å². The van der Waals surface area contributed by atoms with E-state index in [0.29, 0.717) is 6.61 Å². The van der Waals surface area contributed by atoms with E-state index >= 15 is 0 Å². The average Bonchev–Trinajstić information content (AvgIpc) is 2.59. The summed E-state index contributed by atoms with van der Waals surface area (Å²) in [5.41, 5.74) is 5.61. The SMILES string of the molecule is Cc1cc(C)cc(N=Cc2cccc(OCc3ccccc3)c2)c1. The predicted octanol–water partition coefficient (Wildman–Crippen LogP) is 5.63. The molecule has 0 N–H and O–H groups in total. The van der Waals surface area contributed by atoms with Crippen LogP contribution in [-0.4, -0.2) is 6.21 Å². The number of benzene rings is 3. The summed E-state index contributed by atoms with van der Waals surface area (Å²) in [5, 5.41) is 0. The molecule has 0 heterocycles. The number of aliphatic imine (C=N–C) groups is 1. The zero-order chi connectivity index (χ0) is 16.8. The first-order valence-electron chi connectivity index (χ1n) is 8.08. The van der Waals surface area contributed by atoms with Crippen LogP contribution >= 0.6 is 0 Å². The topological polar surface area (TPSA) is 21.6 Å². The standard InChI is InChI=1S/C22H21NO/c1-17-11-18(2)13-21(12-17)23-15-20-9-6-10-22(14-20)24-16-19-7-4-3-5-8-19/h3-15H,16H2,1-2H3. The second-order valence-electron chi connectivity index (χ2n) is 5.95. The van der Waals surface area contributed by atoms with Crippen LogP contribution in [-0.2, 0) is 6.61 Å². The Labute approximate surface area is 143 Å². The molecule has 3 rings (SSSR count). The lowest BCUT2D eigenvalue weighted by Crippen LogP contribution is -1.95. The third kappa shape index (κ3) is 4.56. The second-order valence-corrected chi connectivity index (χ2v) is 5.95. The number of aryl methyl sites for hydroxylation is 2. The van der Waals surface area contributed by atoms with Gasteiger partial charge in [-0.2, -0.15) is 0 Å². The van der Waals surface area contributed by atoms with Gasteiger partial charge < -0.3 is 4.74 Å². The first-order chi connectivity index (χ1) is 11.7. The fourth-order valence-corrected chi connectivity index (χ4v) is 2.60. The van der Waals surface area contributed by atoms with E-state index in [1.807, 2.05) is 48.7 Å². The lowest BCUT2D eigenvalue weighted by atomic mass is 10.1. The molecule has 120 valence electrons. The summed E-state index contributed by atoms with van der Waals surface area (Å²) >= 11 is 0. The van der Waals surface area contributed by atoms with Crippen molar-refractivity contribution in [2.45, 2.75) is 20.5 Å². The van der Waals surface area contributed by atoms with E-state index in [4.69, 9.17) is 4.74 Å². The summed E-state index contributed by atoms with van der Waals surface area (Å²) in [5.74, 6) is 0.850. The molecule has 0 aliphatic heterocycles. The summed E-state index contributed by atoms with van der Waals surface area (Å²) in [6.45, 7) is 4.74. The van der Waals surface area contributed by atoms with Gasteiger partial charge in [0.1, 0.15) is 12.4 Å². The molecule has 0 aliphatic carbocycles. The molecule has 0 fully saturated rings. The van der Waals surface area contributed by atoms with Gasteiger partial charge in [0.15, 0.2) is 0 Å². The number of nitrogens with zero attached hydrogens (tertiary/aromatic N) is 1. The number of hydrogen-bond acceptors (Lipinski definition) is 2. The first kappa shape index (κ1) is 16.0. The van der Waals surface area contributed by atoms with Gasteiger partial charge in [0.25, 0.3) is 0 Å². The molecule has 24 heavy (non-hydrogen) atoms. The maximum atomic E-state index is 5.86. The van der Waals surface area contributed by atoms with Crippen LogP contribution in [0.25, 0.3) is 0 Å². The van der Waals surface area contributed by atoms with Crippen LogP contribution in [0.2, 0.25) is 0 Å². The van der Waals surface area contributed by atoms with Gasteiger partial charge in [-0.15, -0.1) is 0 Å². The Kier molecular flexibility index (Phi) is 5.07. The van der Waals surface area contributed by atoms with Crippen LogP contribution in [0.15, 0.2) is 77.8 Å². The zero-order valence-electron chi connectivity index (χ0n) is 14.1. The van der Waals surface area contributed by atoms with Crippen molar-refractivity contribution in [2.24, 2.45) is 4.99 Å². The van der Waals surface area contributed by atoms with Gasteiger partial charge in [-0.25, -0.2) is 0 Å². The number of ether oxygens (including phenoxy) is 1. The van der Waals surface area contributed by atoms with Crippen LogP contribution in [0.4, 0.5) is 5.69 Å². The van der Waals surface area contributed by atoms with Crippen LogP contribution in [0, 0.1) is 13.8 Å². The van der Waals surface area contributed by atoms with Crippen LogP contribution in [0.1, 0.15) is 22.3 Å². The number of rotatable bonds is 5. The lowest BCUT2D eigenvalue weighted by Gasteiger charge is -2.06. The summed E-state index contributed by atoms with van der Waals surface area (Å²) in [6, 6.07) is 24.5. The highest BCUT2D eigenvalue weighted by Gasteiger charge is 1.98. The molecule has 2 nitrogen and oxygen atoms in total. The maximum absolute atomic E-state index is 5.86. The van der Waals surface area contributed by atoms with Crippen molar-refractivity contribution in [3.05, 3.63) is 95.1 Å². The molecule has 0 saturated carbocycles. The molecule has 0 aromatic heterocycles. The van der Waals surface area contributed by atoms with Crippen molar-refractivity contribution in [2.75, 3.05) is 0 Å². The van der Waals surface area contributed by atoms with Crippen molar-refractivity contribution >= 4 is 11.9 Å². The van der Waals surface area contributed by atoms with Crippen LogP contribution < -0.4 is 4.74 Å². The molecule has 0 aliphatic rings. The molecule has 0 atom stereocenters. The third-order valence-corrected chi connectivity index (χ3v) is 3.68. The van der Waals surface area contributed by atoms with Gasteiger partial charge in [-0.3, -0.25) is 4.99 Å². The summed E-state index contributed by atoms with van der Waals surface area (Å²) in [4.78, 5) is 4.58. The molecule has 3 aromatic rings. The van der Waals surface area contributed by atoms with Gasteiger partial charge in [0.05, 0.1) is 5.69 Å². The van der Waals surface area contributed by atoms with E-state index < -0.39 is 0 Å². The van der Waals surface area contributed by atoms with Crippen LogP contribution in [0.3, 0.4) is 0 Å². The van der Waals surface area contributed by atoms with Crippen molar-refractivity contribution in [3.63, 3.8) is 0 Å². The molecule has 0 radical (unpaired) electrons. The van der Waals surface area contributed by atoms with Crippen molar-refractivity contribution < 1.29 is 4.74 Å². The normalized spacial score (nSPS) is 10.9. The van der Waals surface area contributed by atoms with E-state index in [0.717, 1.165) is 22.6 Å². The quantitative estimate of drug-likeness (QED) is 0.559. The van der Waals surface area contributed by atoms with Gasteiger partial charge in [0, 0.05) is 6.21 Å². The minimum Gasteiger partial charge on any atom is -0.489 e. The smallest absolute Gasteiger partial charge is 0.120 e. The van der Waals surface area contributed by atoms with Crippen LogP contribution in [0.5, 0.6) is 5.75 Å². The molecular weight excluding hydrogens is 294 g/mol. The van der Waals surface area contributed by atoms with E-state index in [2.05, 4.69) is 49.2 Å². The molecule has 0 amide bonds. The molecule has 2 heteroatoms. The fraction of sp³-hybridized carbons (Fsp3) is 0.136. The Balaban J connectivity index is 1.69. The number of hydrogen-bond donors (Lipinski definition) is 0.